The molecule has 0 N–H and O–H groups in total. The van der Waals surface area contributed by atoms with E-state index in [2.05, 4.69) is 45.7 Å². The molecule has 1 heteroatoms. The van der Waals surface area contributed by atoms with E-state index >= 15 is 0 Å². The molecule has 13 heavy (non-hydrogen) atoms. The minimum absolute atomic E-state index is 0.182. The average molecular weight is 179 g/mol. The van der Waals surface area contributed by atoms with Gasteiger partial charge >= 0.3 is 0 Å². The van der Waals surface area contributed by atoms with Crippen LogP contribution in [-0.4, -0.2) is 4.98 Å². The number of pyridine rings is 1. The summed E-state index contributed by atoms with van der Waals surface area (Å²) in [7, 11) is 0. The van der Waals surface area contributed by atoms with Gasteiger partial charge in [-0.2, -0.15) is 0 Å². The first kappa shape index (κ1) is 12.2. The van der Waals surface area contributed by atoms with Crippen molar-refractivity contribution in [2.75, 3.05) is 0 Å². The summed E-state index contributed by atoms with van der Waals surface area (Å²) in [4.78, 5) is 4.25. The van der Waals surface area contributed by atoms with Crippen molar-refractivity contribution in [2.24, 2.45) is 0 Å². The highest BCUT2D eigenvalue weighted by Crippen LogP contribution is 2.18. The fourth-order valence-electron chi connectivity index (χ4n) is 0.806. The smallest absolute Gasteiger partial charge is 0.0457 e. The van der Waals surface area contributed by atoms with Gasteiger partial charge in [-0.15, -0.1) is 0 Å². The lowest BCUT2D eigenvalue weighted by Crippen LogP contribution is -2.12. The summed E-state index contributed by atoms with van der Waals surface area (Å²) in [6, 6.07) is 6.02. The van der Waals surface area contributed by atoms with Crippen LogP contribution in [0.3, 0.4) is 0 Å². The Bertz CT molecular complexity index is 208. The van der Waals surface area contributed by atoms with Gasteiger partial charge < -0.3 is 0 Å². The molecule has 0 saturated carbocycles. The maximum atomic E-state index is 4.25. The minimum Gasteiger partial charge on any atom is -0.261 e. The highest BCUT2D eigenvalue weighted by atomic mass is 14.7. The van der Waals surface area contributed by atoms with Gasteiger partial charge in [0.1, 0.15) is 0 Å². The molecule has 0 saturated heterocycles. The Morgan fingerprint density at radius 3 is 1.92 bits per heavy atom. The molecule has 1 heterocycles. The third kappa shape index (κ3) is 5.40. The maximum Gasteiger partial charge on any atom is 0.0457 e. The van der Waals surface area contributed by atoms with Crippen LogP contribution in [-0.2, 0) is 5.41 Å². The normalized spacial score (nSPS) is 10.2. The molecule has 0 fully saturated rings. The number of hydrogen-bond donors (Lipinski definition) is 0. The fraction of sp³-hybridized carbons (Fsp3) is 0.583. The fourth-order valence-corrected chi connectivity index (χ4v) is 0.806. The Balaban J connectivity index is 0.000000424. The van der Waals surface area contributed by atoms with E-state index in [-0.39, 0.29) is 5.41 Å². The second-order valence-electron chi connectivity index (χ2n) is 4.17. The van der Waals surface area contributed by atoms with Crippen LogP contribution in [0.5, 0.6) is 0 Å². The number of nitrogens with zero attached hydrogens (tertiary/aromatic N) is 1. The van der Waals surface area contributed by atoms with E-state index in [4.69, 9.17) is 0 Å². The number of hydrogen-bond acceptors (Lipinski definition) is 1. The monoisotopic (exact) mass is 179 g/mol. The Morgan fingerprint density at radius 2 is 1.69 bits per heavy atom. The van der Waals surface area contributed by atoms with Crippen LogP contribution in [0.1, 0.15) is 46.7 Å². The van der Waals surface area contributed by atoms with Crippen molar-refractivity contribution in [1.29, 1.82) is 0 Å². The second kappa shape index (κ2) is 5.74. The van der Waals surface area contributed by atoms with E-state index in [0.717, 1.165) is 5.69 Å². The van der Waals surface area contributed by atoms with E-state index in [9.17, 15) is 0 Å². The SMILES string of the molecule is CC(C)(C)c1ccccn1.CCC. The summed E-state index contributed by atoms with van der Waals surface area (Å²) < 4.78 is 0. The highest BCUT2D eigenvalue weighted by Gasteiger charge is 2.13. The first-order chi connectivity index (χ1) is 6.02. The van der Waals surface area contributed by atoms with E-state index in [1.165, 1.54) is 6.42 Å². The molecule has 0 aromatic carbocycles. The van der Waals surface area contributed by atoms with Crippen LogP contribution < -0.4 is 0 Å². The van der Waals surface area contributed by atoms with Gasteiger partial charge in [0.2, 0.25) is 0 Å². The quantitative estimate of drug-likeness (QED) is 0.590. The lowest BCUT2D eigenvalue weighted by atomic mass is 9.92. The van der Waals surface area contributed by atoms with Gasteiger partial charge in [-0.1, -0.05) is 47.1 Å². The molecule has 1 nitrogen and oxygen atoms in total. The predicted octanol–water partition coefficient (Wildman–Crippen LogP) is 3.80. The van der Waals surface area contributed by atoms with Gasteiger partial charge in [0.25, 0.3) is 0 Å². The molecule has 74 valence electrons. The molecule has 0 spiro atoms. The third-order valence-corrected chi connectivity index (χ3v) is 1.43. The molecule has 1 rings (SSSR count). The summed E-state index contributed by atoms with van der Waals surface area (Å²) in [6.07, 6.45) is 3.08. The molecule has 0 aliphatic heterocycles. The van der Waals surface area contributed by atoms with E-state index in [1.54, 1.807) is 0 Å². The van der Waals surface area contributed by atoms with Crippen LogP contribution in [0.15, 0.2) is 24.4 Å². The standard InChI is InChI=1S/C9H13N.C3H8/c1-9(2,3)8-6-4-5-7-10-8;1-3-2/h4-7H,1-3H3;3H2,1-2H3. The van der Waals surface area contributed by atoms with Gasteiger partial charge in [0, 0.05) is 17.3 Å². The van der Waals surface area contributed by atoms with Crippen LogP contribution in [0.2, 0.25) is 0 Å². The zero-order chi connectivity index (χ0) is 10.3. The summed E-state index contributed by atoms with van der Waals surface area (Å²) in [5, 5.41) is 0. The third-order valence-electron chi connectivity index (χ3n) is 1.43. The molecule has 0 aliphatic rings. The average Bonchev–Trinajstić information content (AvgIpc) is 2.06. The molecule has 0 unspecified atom stereocenters. The molecular formula is C12H21N. The molecule has 0 atom stereocenters. The van der Waals surface area contributed by atoms with E-state index < -0.39 is 0 Å². The van der Waals surface area contributed by atoms with Crippen LogP contribution in [0.25, 0.3) is 0 Å². The van der Waals surface area contributed by atoms with Crippen molar-refractivity contribution in [3.05, 3.63) is 30.1 Å². The zero-order valence-electron chi connectivity index (χ0n) is 9.46. The number of aromatic nitrogens is 1. The molecular weight excluding hydrogens is 158 g/mol. The molecule has 0 aliphatic carbocycles. The first-order valence-electron chi connectivity index (χ1n) is 4.93. The van der Waals surface area contributed by atoms with Crippen molar-refractivity contribution in [3.8, 4) is 0 Å². The van der Waals surface area contributed by atoms with Crippen molar-refractivity contribution < 1.29 is 0 Å². The first-order valence-corrected chi connectivity index (χ1v) is 4.93. The van der Waals surface area contributed by atoms with Gasteiger partial charge in [0.05, 0.1) is 0 Å². The maximum absolute atomic E-state index is 4.25. The second-order valence-corrected chi connectivity index (χ2v) is 4.17. The summed E-state index contributed by atoms with van der Waals surface area (Å²) in [5.41, 5.74) is 1.33. The Kier molecular flexibility index (Phi) is 5.36. The zero-order valence-corrected chi connectivity index (χ0v) is 9.46. The largest absolute Gasteiger partial charge is 0.261 e. The van der Waals surface area contributed by atoms with Crippen molar-refractivity contribution in [2.45, 2.75) is 46.5 Å². The lowest BCUT2D eigenvalue weighted by Gasteiger charge is -2.16. The predicted molar refractivity (Wildman–Crippen MR) is 58.9 cm³/mol. The highest BCUT2D eigenvalue weighted by molar-refractivity contribution is 5.12. The van der Waals surface area contributed by atoms with E-state index in [1.807, 2.05) is 18.3 Å². The van der Waals surface area contributed by atoms with Crippen molar-refractivity contribution >= 4 is 0 Å². The van der Waals surface area contributed by atoms with Gasteiger partial charge in [-0.3, -0.25) is 4.98 Å². The van der Waals surface area contributed by atoms with E-state index in [0.29, 0.717) is 0 Å². The molecule has 0 radical (unpaired) electrons. The van der Waals surface area contributed by atoms with Gasteiger partial charge in [-0.05, 0) is 12.1 Å². The summed E-state index contributed by atoms with van der Waals surface area (Å²) in [5.74, 6) is 0. The molecule has 0 amide bonds. The molecule has 0 bridgehead atoms. The topological polar surface area (TPSA) is 12.9 Å². The Morgan fingerprint density at radius 1 is 1.15 bits per heavy atom. The van der Waals surface area contributed by atoms with Crippen LogP contribution in [0.4, 0.5) is 0 Å². The van der Waals surface area contributed by atoms with Crippen molar-refractivity contribution in [3.63, 3.8) is 0 Å². The van der Waals surface area contributed by atoms with Crippen LogP contribution in [0, 0.1) is 0 Å². The Labute approximate surface area is 82.2 Å². The number of rotatable bonds is 0. The molecule has 1 aromatic heterocycles. The van der Waals surface area contributed by atoms with Crippen LogP contribution >= 0.6 is 0 Å². The Hall–Kier alpha value is -0.850. The summed E-state index contributed by atoms with van der Waals surface area (Å²) >= 11 is 0. The lowest BCUT2D eigenvalue weighted by molar-refractivity contribution is 0.569. The van der Waals surface area contributed by atoms with Gasteiger partial charge in [0.15, 0.2) is 0 Å². The minimum atomic E-state index is 0.182. The molecule has 1 aromatic rings. The van der Waals surface area contributed by atoms with Gasteiger partial charge in [-0.25, -0.2) is 0 Å². The van der Waals surface area contributed by atoms with Crippen molar-refractivity contribution in [1.82, 2.24) is 4.98 Å². The summed E-state index contributed by atoms with van der Waals surface area (Å²) in [6.45, 7) is 10.7.